The third kappa shape index (κ3) is 4.01. The second-order valence-corrected chi connectivity index (χ2v) is 17.2. The Bertz CT molecular complexity index is 834. The van der Waals surface area contributed by atoms with Crippen LogP contribution in [-0.2, 0) is 5.41 Å². The van der Waals surface area contributed by atoms with Gasteiger partial charge < -0.3 is 0 Å². The molecule has 140 valence electrons. The van der Waals surface area contributed by atoms with E-state index >= 15 is 0 Å². The van der Waals surface area contributed by atoms with Crippen molar-refractivity contribution in [2.75, 3.05) is 0 Å². The topological polar surface area (TPSA) is 0 Å². The van der Waals surface area contributed by atoms with Crippen LogP contribution in [0.4, 0.5) is 0 Å². The van der Waals surface area contributed by atoms with Gasteiger partial charge in [0.2, 0.25) is 0 Å². The van der Waals surface area contributed by atoms with Gasteiger partial charge in [0.1, 0.15) is 8.07 Å². The van der Waals surface area contributed by atoms with Crippen LogP contribution >= 0.6 is 45.3 Å². The Morgan fingerprint density at radius 3 is 2.12 bits per heavy atom. The molecular formula is C22H29IS2Si. The SMILES string of the molecule is CCCCC1(CCCC)c2cc(I)sc2-c2sc(C#C[Si](C)(C)C)cc21. The predicted octanol–water partition coefficient (Wildman–Crippen LogP) is 8.29. The molecule has 0 spiro atoms. The summed E-state index contributed by atoms with van der Waals surface area (Å²) in [6.07, 6.45) is 7.72. The highest BCUT2D eigenvalue weighted by atomic mass is 127. The first-order chi connectivity index (χ1) is 12.3. The van der Waals surface area contributed by atoms with Crippen molar-refractivity contribution in [3.8, 4) is 21.2 Å². The number of fused-ring (bicyclic) bond motifs is 3. The molecule has 0 saturated carbocycles. The van der Waals surface area contributed by atoms with Gasteiger partial charge in [-0.25, -0.2) is 0 Å². The van der Waals surface area contributed by atoms with Gasteiger partial charge in [0, 0.05) is 10.3 Å². The van der Waals surface area contributed by atoms with Crippen LogP contribution in [0.15, 0.2) is 12.1 Å². The molecule has 0 bridgehead atoms. The van der Waals surface area contributed by atoms with Gasteiger partial charge in [-0.15, -0.1) is 28.2 Å². The highest BCUT2D eigenvalue weighted by molar-refractivity contribution is 14.1. The second-order valence-electron chi connectivity index (χ2n) is 8.44. The van der Waals surface area contributed by atoms with E-state index in [1.54, 1.807) is 16.0 Å². The summed E-state index contributed by atoms with van der Waals surface area (Å²) in [6, 6.07) is 4.93. The third-order valence-electron chi connectivity index (χ3n) is 5.15. The molecule has 0 aromatic carbocycles. The van der Waals surface area contributed by atoms with E-state index in [0.29, 0.717) is 0 Å². The van der Waals surface area contributed by atoms with Gasteiger partial charge in [0.25, 0.3) is 0 Å². The number of thiophene rings is 2. The molecular weight excluding hydrogens is 483 g/mol. The zero-order valence-electron chi connectivity index (χ0n) is 16.6. The van der Waals surface area contributed by atoms with Crippen molar-refractivity contribution in [3.05, 3.63) is 31.0 Å². The zero-order valence-corrected chi connectivity index (χ0v) is 21.4. The summed E-state index contributed by atoms with van der Waals surface area (Å²) < 4.78 is 1.43. The summed E-state index contributed by atoms with van der Waals surface area (Å²) in [6.45, 7) is 11.6. The first kappa shape index (κ1) is 20.6. The van der Waals surface area contributed by atoms with Gasteiger partial charge in [-0.3, -0.25) is 0 Å². The fraction of sp³-hybridized carbons (Fsp3) is 0.545. The molecule has 0 N–H and O–H groups in total. The Balaban J connectivity index is 2.13. The second kappa shape index (κ2) is 8.11. The average Bonchev–Trinajstić information content (AvgIpc) is 3.21. The van der Waals surface area contributed by atoms with Crippen LogP contribution in [-0.4, -0.2) is 8.07 Å². The van der Waals surface area contributed by atoms with Gasteiger partial charge >= 0.3 is 0 Å². The smallest absolute Gasteiger partial charge is 0.128 e. The van der Waals surface area contributed by atoms with Crippen LogP contribution in [0.25, 0.3) is 9.75 Å². The molecule has 2 aromatic heterocycles. The molecule has 0 radical (unpaired) electrons. The van der Waals surface area contributed by atoms with Crippen molar-refractivity contribution in [2.45, 2.75) is 77.4 Å². The average molecular weight is 513 g/mol. The molecule has 0 atom stereocenters. The lowest BCUT2D eigenvalue weighted by Gasteiger charge is -2.31. The van der Waals surface area contributed by atoms with Crippen molar-refractivity contribution in [1.29, 1.82) is 0 Å². The Hall–Kier alpha value is -0.0931. The Morgan fingerprint density at radius 2 is 1.54 bits per heavy atom. The van der Waals surface area contributed by atoms with Crippen molar-refractivity contribution in [2.24, 2.45) is 0 Å². The maximum absolute atomic E-state index is 3.57. The van der Waals surface area contributed by atoms with Crippen LogP contribution < -0.4 is 0 Å². The fourth-order valence-corrected chi connectivity index (χ4v) is 7.70. The molecule has 2 aromatic rings. The molecule has 4 heteroatoms. The summed E-state index contributed by atoms with van der Waals surface area (Å²) >= 11 is 6.44. The third-order valence-corrected chi connectivity index (χ3v) is 9.13. The van der Waals surface area contributed by atoms with Crippen molar-refractivity contribution < 1.29 is 0 Å². The summed E-state index contributed by atoms with van der Waals surface area (Å²) in [4.78, 5) is 4.35. The van der Waals surface area contributed by atoms with Gasteiger partial charge in [-0.1, -0.05) is 65.1 Å². The molecule has 0 unspecified atom stereocenters. The largest absolute Gasteiger partial charge is 0.129 e. The molecule has 0 aliphatic heterocycles. The van der Waals surface area contributed by atoms with E-state index in [1.165, 1.54) is 51.2 Å². The van der Waals surface area contributed by atoms with Crippen LogP contribution in [0, 0.1) is 14.3 Å². The Labute approximate surface area is 182 Å². The highest BCUT2D eigenvalue weighted by Gasteiger charge is 2.44. The summed E-state index contributed by atoms with van der Waals surface area (Å²) in [5.74, 6) is 3.53. The molecule has 1 aliphatic rings. The van der Waals surface area contributed by atoms with Crippen LogP contribution in [0.3, 0.4) is 0 Å². The standard InChI is InChI=1S/C22H29IS2Si/c1-6-8-11-22(12-9-7-2)17-14-16(10-13-26(3,4)5)24-20(17)21-18(22)15-19(23)25-21/h14-15H,6-9,11-12H2,1-5H3. The summed E-state index contributed by atoms with van der Waals surface area (Å²) in [7, 11) is -1.34. The molecule has 26 heavy (non-hydrogen) atoms. The van der Waals surface area contributed by atoms with Crippen molar-refractivity contribution in [3.63, 3.8) is 0 Å². The van der Waals surface area contributed by atoms with Crippen molar-refractivity contribution >= 4 is 53.3 Å². The number of hydrogen-bond acceptors (Lipinski definition) is 2. The minimum Gasteiger partial charge on any atom is -0.128 e. The Morgan fingerprint density at radius 1 is 0.962 bits per heavy atom. The summed E-state index contributed by atoms with van der Waals surface area (Å²) in [5.41, 5.74) is 7.04. The van der Waals surface area contributed by atoms with Gasteiger partial charge in [-0.05, 0) is 58.7 Å². The number of unbranched alkanes of at least 4 members (excludes halogenated alkanes) is 2. The van der Waals surface area contributed by atoms with Gasteiger partial charge in [-0.2, -0.15) is 0 Å². The first-order valence-electron chi connectivity index (χ1n) is 9.78. The lowest BCUT2D eigenvalue weighted by atomic mass is 9.72. The number of hydrogen-bond donors (Lipinski definition) is 0. The predicted molar refractivity (Wildman–Crippen MR) is 130 cm³/mol. The number of halogens is 1. The summed E-state index contributed by atoms with van der Waals surface area (Å²) in [5, 5.41) is 0. The van der Waals surface area contributed by atoms with Gasteiger partial charge in [0.05, 0.1) is 12.6 Å². The van der Waals surface area contributed by atoms with E-state index in [9.17, 15) is 0 Å². The maximum atomic E-state index is 3.57. The van der Waals surface area contributed by atoms with Crippen LogP contribution in [0.1, 0.15) is 68.4 Å². The van der Waals surface area contributed by atoms with E-state index in [4.69, 9.17) is 0 Å². The highest BCUT2D eigenvalue weighted by Crippen LogP contribution is 2.59. The number of rotatable bonds is 6. The Kier molecular flexibility index (Phi) is 6.43. The van der Waals surface area contributed by atoms with Crippen molar-refractivity contribution in [1.82, 2.24) is 0 Å². The first-order valence-corrected chi connectivity index (χ1v) is 16.0. The van der Waals surface area contributed by atoms with E-state index in [2.05, 4.69) is 79.7 Å². The minimum absolute atomic E-state index is 0.242. The molecule has 0 saturated heterocycles. The molecule has 1 aliphatic carbocycles. The van der Waals surface area contributed by atoms with Gasteiger partial charge in [0.15, 0.2) is 0 Å². The van der Waals surface area contributed by atoms with Crippen LogP contribution in [0.5, 0.6) is 0 Å². The van der Waals surface area contributed by atoms with E-state index < -0.39 is 8.07 Å². The molecule has 0 amide bonds. The quantitative estimate of drug-likeness (QED) is 0.208. The van der Waals surface area contributed by atoms with Crippen LogP contribution in [0.2, 0.25) is 19.6 Å². The monoisotopic (exact) mass is 512 g/mol. The molecule has 2 heterocycles. The zero-order chi connectivity index (χ0) is 18.9. The normalized spacial score (nSPS) is 14.7. The maximum Gasteiger partial charge on any atom is 0.129 e. The van der Waals surface area contributed by atoms with E-state index in [-0.39, 0.29) is 5.41 Å². The minimum atomic E-state index is -1.34. The molecule has 3 rings (SSSR count). The molecule has 0 nitrogen and oxygen atoms in total. The lowest BCUT2D eigenvalue weighted by Crippen LogP contribution is -2.24. The van der Waals surface area contributed by atoms with E-state index in [0.717, 1.165) is 0 Å². The molecule has 0 fully saturated rings. The fourth-order valence-electron chi connectivity index (χ4n) is 3.88. The van der Waals surface area contributed by atoms with E-state index in [1.807, 2.05) is 22.7 Å². The lowest BCUT2D eigenvalue weighted by molar-refractivity contribution is 0.415.